The summed E-state index contributed by atoms with van der Waals surface area (Å²) in [5.41, 5.74) is 0. The third-order valence-corrected chi connectivity index (χ3v) is 1.77. The Morgan fingerprint density at radius 1 is 1.73 bits per heavy atom. The molecule has 0 aromatic rings. The molecule has 11 heavy (non-hydrogen) atoms. The molecule has 0 saturated carbocycles. The lowest BCUT2D eigenvalue weighted by atomic mass is 10.2. The van der Waals surface area contributed by atoms with E-state index in [4.69, 9.17) is 10.2 Å². The monoisotopic (exact) mass is 160 g/mol. The van der Waals surface area contributed by atoms with Crippen LogP contribution < -0.4 is 10.6 Å². The summed E-state index contributed by atoms with van der Waals surface area (Å²) >= 11 is 0. The minimum Gasteiger partial charge on any atom is -0.465 e. The second-order valence-electron chi connectivity index (χ2n) is 2.67. The predicted octanol–water partition coefficient (Wildman–Crippen LogP) is -1.02. The first-order chi connectivity index (χ1) is 5.22. The van der Waals surface area contributed by atoms with Crippen molar-refractivity contribution in [2.75, 3.05) is 13.2 Å². The Morgan fingerprint density at radius 3 is 2.91 bits per heavy atom. The summed E-state index contributed by atoms with van der Waals surface area (Å²) in [6.45, 7) is 0.676. The molecule has 64 valence electrons. The van der Waals surface area contributed by atoms with Crippen LogP contribution in [0.3, 0.4) is 0 Å². The van der Waals surface area contributed by atoms with Crippen LogP contribution in [-0.4, -0.2) is 41.5 Å². The van der Waals surface area contributed by atoms with Crippen molar-refractivity contribution < 1.29 is 15.0 Å². The van der Waals surface area contributed by atoms with Gasteiger partial charge >= 0.3 is 6.09 Å². The van der Waals surface area contributed by atoms with E-state index in [2.05, 4.69) is 10.6 Å². The van der Waals surface area contributed by atoms with Crippen LogP contribution in [0, 0.1) is 0 Å². The van der Waals surface area contributed by atoms with Crippen LogP contribution in [0.5, 0.6) is 0 Å². The number of rotatable bonds is 2. The van der Waals surface area contributed by atoms with E-state index in [9.17, 15) is 4.79 Å². The van der Waals surface area contributed by atoms with Crippen molar-refractivity contribution in [1.29, 1.82) is 0 Å². The summed E-state index contributed by atoms with van der Waals surface area (Å²) in [7, 11) is 0. The summed E-state index contributed by atoms with van der Waals surface area (Å²) in [4.78, 5) is 10.1. The van der Waals surface area contributed by atoms with Gasteiger partial charge in [-0.05, 0) is 6.42 Å². The van der Waals surface area contributed by atoms with E-state index in [0.29, 0.717) is 13.0 Å². The number of aliphatic hydroxyl groups excluding tert-OH is 1. The molecule has 1 aliphatic rings. The number of hydrogen-bond donors (Lipinski definition) is 4. The van der Waals surface area contributed by atoms with E-state index in [1.807, 2.05) is 0 Å². The highest BCUT2D eigenvalue weighted by Crippen LogP contribution is 2.04. The average Bonchev–Trinajstić information content (AvgIpc) is 2.34. The van der Waals surface area contributed by atoms with Gasteiger partial charge in [-0.1, -0.05) is 0 Å². The number of hydrogen-bond acceptors (Lipinski definition) is 3. The molecule has 4 N–H and O–H groups in total. The topological polar surface area (TPSA) is 81.6 Å². The van der Waals surface area contributed by atoms with Gasteiger partial charge in [-0.2, -0.15) is 0 Å². The van der Waals surface area contributed by atoms with E-state index < -0.39 is 6.09 Å². The molecule has 0 bridgehead atoms. The predicted molar refractivity (Wildman–Crippen MR) is 38.4 cm³/mol. The van der Waals surface area contributed by atoms with Crippen molar-refractivity contribution in [3.8, 4) is 0 Å². The smallest absolute Gasteiger partial charge is 0.404 e. The lowest BCUT2D eigenvalue weighted by molar-refractivity contribution is 0.190. The van der Waals surface area contributed by atoms with Crippen molar-refractivity contribution >= 4 is 6.09 Å². The first-order valence-electron chi connectivity index (χ1n) is 3.56. The molecule has 1 aliphatic heterocycles. The summed E-state index contributed by atoms with van der Waals surface area (Å²) in [6.07, 6.45) is -0.335. The van der Waals surface area contributed by atoms with E-state index in [1.54, 1.807) is 0 Å². The highest BCUT2D eigenvalue weighted by Gasteiger charge is 2.23. The number of nitrogens with one attached hydrogen (secondary N) is 2. The van der Waals surface area contributed by atoms with Crippen LogP contribution in [-0.2, 0) is 0 Å². The molecule has 1 amide bonds. The molecule has 0 aromatic heterocycles. The number of carboxylic acid groups (broad SMARTS) is 1. The summed E-state index contributed by atoms with van der Waals surface area (Å²) in [5, 5.41) is 22.3. The molecule has 1 rings (SSSR count). The van der Waals surface area contributed by atoms with Gasteiger partial charge < -0.3 is 20.8 Å². The fourth-order valence-corrected chi connectivity index (χ4v) is 1.24. The number of amides is 1. The van der Waals surface area contributed by atoms with Crippen LogP contribution >= 0.6 is 0 Å². The Labute approximate surface area is 64.4 Å². The minimum atomic E-state index is -1.00. The molecule has 0 spiro atoms. The Kier molecular flexibility index (Phi) is 2.67. The molecule has 1 saturated heterocycles. The van der Waals surface area contributed by atoms with Crippen molar-refractivity contribution in [3.63, 3.8) is 0 Å². The first-order valence-corrected chi connectivity index (χ1v) is 3.56. The van der Waals surface area contributed by atoms with Crippen molar-refractivity contribution in [2.24, 2.45) is 0 Å². The average molecular weight is 160 g/mol. The second-order valence-corrected chi connectivity index (χ2v) is 2.67. The van der Waals surface area contributed by atoms with Crippen LogP contribution in [0.15, 0.2) is 0 Å². The van der Waals surface area contributed by atoms with Gasteiger partial charge in [-0.15, -0.1) is 0 Å². The van der Waals surface area contributed by atoms with Gasteiger partial charge in [0.05, 0.1) is 6.61 Å². The van der Waals surface area contributed by atoms with Crippen molar-refractivity contribution in [1.82, 2.24) is 10.6 Å². The largest absolute Gasteiger partial charge is 0.465 e. The van der Waals surface area contributed by atoms with Crippen LogP contribution in [0.25, 0.3) is 0 Å². The van der Waals surface area contributed by atoms with Gasteiger partial charge in [-0.3, -0.25) is 0 Å². The van der Waals surface area contributed by atoms with E-state index in [0.717, 1.165) is 0 Å². The first kappa shape index (κ1) is 8.29. The normalized spacial score (nSPS) is 30.3. The Bertz CT molecular complexity index is 151. The number of carbonyl (C=O) groups is 1. The molecule has 0 aliphatic carbocycles. The van der Waals surface area contributed by atoms with Crippen molar-refractivity contribution in [2.45, 2.75) is 18.5 Å². The SMILES string of the molecule is O=C(O)N[C@H]1CN[C@H](CO)C1. The molecule has 5 heteroatoms. The Balaban J connectivity index is 2.24. The zero-order valence-corrected chi connectivity index (χ0v) is 6.08. The maximum Gasteiger partial charge on any atom is 0.404 e. The van der Waals surface area contributed by atoms with Gasteiger partial charge in [0.1, 0.15) is 0 Å². The number of aliphatic hydroxyl groups is 1. The van der Waals surface area contributed by atoms with Gasteiger partial charge in [0.2, 0.25) is 0 Å². The fourth-order valence-electron chi connectivity index (χ4n) is 1.24. The fraction of sp³-hybridized carbons (Fsp3) is 0.833. The van der Waals surface area contributed by atoms with Crippen LogP contribution in [0.1, 0.15) is 6.42 Å². The molecule has 1 fully saturated rings. The maximum atomic E-state index is 10.1. The minimum absolute atomic E-state index is 0.0480. The summed E-state index contributed by atoms with van der Waals surface area (Å²) < 4.78 is 0. The van der Waals surface area contributed by atoms with Gasteiger partial charge in [0.15, 0.2) is 0 Å². The van der Waals surface area contributed by atoms with Crippen LogP contribution in [0.4, 0.5) is 4.79 Å². The van der Waals surface area contributed by atoms with Gasteiger partial charge in [0.25, 0.3) is 0 Å². The molecule has 0 unspecified atom stereocenters. The third-order valence-electron chi connectivity index (χ3n) is 1.77. The highest BCUT2D eigenvalue weighted by molar-refractivity contribution is 5.64. The Hall–Kier alpha value is -0.810. The van der Waals surface area contributed by atoms with Gasteiger partial charge in [0, 0.05) is 18.6 Å². The molecule has 1 heterocycles. The standard InChI is InChI=1S/C6H12N2O3/c9-3-5-1-4(2-7-5)8-6(10)11/h4-5,7-9H,1-3H2,(H,10,11)/t4-,5+/m1/s1. The highest BCUT2D eigenvalue weighted by atomic mass is 16.4. The Morgan fingerprint density at radius 2 is 2.45 bits per heavy atom. The van der Waals surface area contributed by atoms with Crippen LogP contribution in [0.2, 0.25) is 0 Å². The lowest BCUT2D eigenvalue weighted by Gasteiger charge is -2.07. The zero-order valence-electron chi connectivity index (χ0n) is 6.08. The second kappa shape index (κ2) is 3.54. The summed E-state index contributed by atoms with van der Waals surface area (Å²) in [5.74, 6) is 0. The van der Waals surface area contributed by atoms with Gasteiger partial charge in [-0.25, -0.2) is 4.79 Å². The molecular formula is C6H12N2O3. The molecular weight excluding hydrogens is 148 g/mol. The molecule has 0 radical (unpaired) electrons. The zero-order chi connectivity index (χ0) is 8.27. The van der Waals surface area contributed by atoms with E-state index in [-0.39, 0.29) is 18.7 Å². The third kappa shape index (κ3) is 2.36. The van der Waals surface area contributed by atoms with E-state index in [1.165, 1.54) is 0 Å². The van der Waals surface area contributed by atoms with Crippen molar-refractivity contribution in [3.05, 3.63) is 0 Å². The molecule has 0 aromatic carbocycles. The van der Waals surface area contributed by atoms with E-state index >= 15 is 0 Å². The quantitative estimate of drug-likeness (QED) is 0.416. The molecule has 2 atom stereocenters. The summed E-state index contributed by atoms with van der Waals surface area (Å²) in [6, 6.07) is -0.00324. The maximum absolute atomic E-state index is 10.1. The lowest BCUT2D eigenvalue weighted by Crippen LogP contribution is -2.34. The molecule has 5 nitrogen and oxygen atoms in total.